The Morgan fingerprint density at radius 2 is 1.20 bits per heavy atom. The minimum absolute atomic E-state index is 0.167. The molecule has 0 fully saturated rings. The van der Waals surface area contributed by atoms with Crippen LogP contribution in [0, 0.1) is 21.7 Å². The van der Waals surface area contributed by atoms with Crippen LogP contribution in [0.1, 0.15) is 0 Å². The van der Waals surface area contributed by atoms with Crippen LogP contribution in [0.2, 0.25) is 0 Å². The summed E-state index contributed by atoms with van der Waals surface area (Å²) < 4.78 is 72.5. The second-order valence-electron chi connectivity index (χ2n) is 8.22. The number of nitrogens with two attached hydrogens (primary N) is 1. The van der Waals surface area contributed by atoms with E-state index >= 15 is 0 Å². The van der Waals surface area contributed by atoms with Crippen molar-refractivity contribution in [2.24, 2.45) is 0 Å². The third-order valence-corrected chi connectivity index (χ3v) is 7.21. The van der Waals surface area contributed by atoms with Crippen LogP contribution in [-0.4, -0.2) is 44.2 Å². The predicted octanol–water partition coefficient (Wildman–Crippen LogP) is 4.23. The highest BCUT2D eigenvalue weighted by molar-refractivity contribution is 7.91. The van der Waals surface area contributed by atoms with Crippen LogP contribution in [0.15, 0.2) is 82.8 Å². The molecule has 4 aromatic rings. The predicted molar refractivity (Wildman–Crippen MR) is 145 cm³/mol. The van der Waals surface area contributed by atoms with E-state index in [9.17, 15) is 35.7 Å². The molecule has 0 aliphatic heterocycles. The van der Waals surface area contributed by atoms with Crippen LogP contribution in [-0.2, 0) is 19.7 Å². The molecular formula is C24H22F2N6O6S2. The van der Waals surface area contributed by atoms with Crippen molar-refractivity contribution in [2.45, 2.75) is 9.79 Å². The van der Waals surface area contributed by atoms with E-state index in [0.717, 1.165) is 36.9 Å². The van der Waals surface area contributed by atoms with Gasteiger partial charge >= 0.3 is 0 Å². The summed E-state index contributed by atoms with van der Waals surface area (Å²) in [4.78, 5) is 17.0. The second kappa shape index (κ2) is 12.0. The zero-order valence-electron chi connectivity index (χ0n) is 20.9. The molecule has 2 aromatic carbocycles. The van der Waals surface area contributed by atoms with Crippen molar-refractivity contribution in [3.05, 3.63) is 94.8 Å². The zero-order chi connectivity index (χ0) is 29.7. The molecule has 0 saturated heterocycles. The van der Waals surface area contributed by atoms with Crippen LogP contribution in [0.4, 0.5) is 43.2 Å². The van der Waals surface area contributed by atoms with Crippen molar-refractivity contribution in [1.82, 2.24) is 9.97 Å². The molecule has 2 aromatic heterocycles. The van der Waals surface area contributed by atoms with Crippen LogP contribution in [0.5, 0.6) is 0 Å². The van der Waals surface area contributed by atoms with Gasteiger partial charge in [0.15, 0.2) is 19.7 Å². The third kappa shape index (κ3) is 8.15. The van der Waals surface area contributed by atoms with Crippen molar-refractivity contribution in [2.75, 3.05) is 28.9 Å². The first-order valence-electron chi connectivity index (χ1n) is 11.0. The molecule has 0 amide bonds. The highest BCUT2D eigenvalue weighted by Crippen LogP contribution is 2.23. The first kappa shape index (κ1) is 29.9. The molecule has 4 N–H and O–H groups in total. The molecule has 0 atom stereocenters. The largest absolute Gasteiger partial charge is 0.397 e. The monoisotopic (exact) mass is 592 g/mol. The molecule has 0 saturated carbocycles. The topological polar surface area (TPSA) is 187 Å². The van der Waals surface area contributed by atoms with Gasteiger partial charge in [-0.1, -0.05) is 0 Å². The van der Waals surface area contributed by atoms with Gasteiger partial charge in [0.1, 0.15) is 39.3 Å². The number of nitrogens with zero attached hydrogens (tertiary/aromatic N) is 3. The summed E-state index contributed by atoms with van der Waals surface area (Å²) in [5, 5.41) is 16.1. The number of aromatic nitrogens is 2. The number of sulfone groups is 2. The number of nitro groups is 1. The van der Waals surface area contributed by atoms with E-state index in [4.69, 9.17) is 5.73 Å². The summed E-state index contributed by atoms with van der Waals surface area (Å²) in [6.45, 7) is 0. The van der Waals surface area contributed by atoms with Crippen LogP contribution < -0.4 is 16.4 Å². The number of hydrogen-bond donors (Lipinski definition) is 3. The maximum absolute atomic E-state index is 13.7. The van der Waals surface area contributed by atoms with Gasteiger partial charge in [0.05, 0.1) is 16.8 Å². The van der Waals surface area contributed by atoms with Crippen LogP contribution in [0.25, 0.3) is 0 Å². The smallest absolute Gasteiger partial charge is 0.287 e. The van der Waals surface area contributed by atoms with E-state index in [-0.39, 0.29) is 22.1 Å². The average Bonchev–Trinajstić information content (AvgIpc) is 2.85. The van der Waals surface area contributed by atoms with Gasteiger partial charge in [0.25, 0.3) is 5.69 Å². The Bertz CT molecular complexity index is 1750. The standard InChI is InChI=1S/C12H10FN3O4S.C12H12FN3O2S/c1-21(19,20)11-4-2-8(6-10(11)13)15-12-5-3-9(7-14-12)16(17)18;1-19(17,18)11-4-3-9(6-10(11)13)16-12-5-2-8(14)7-15-12/h2-7H,1H3,(H,14,15);2-7H,14H2,1H3,(H,15,16). The molecule has 2 heterocycles. The molecule has 0 aliphatic carbocycles. The Hall–Kier alpha value is -4.70. The summed E-state index contributed by atoms with van der Waals surface area (Å²) in [5.41, 5.74) is 6.53. The maximum atomic E-state index is 13.7. The van der Waals surface area contributed by atoms with Gasteiger partial charge in [-0.2, -0.15) is 0 Å². The first-order chi connectivity index (χ1) is 18.6. The van der Waals surface area contributed by atoms with Crippen molar-refractivity contribution < 1.29 is 30.5 Å². The van der Waals surface area contributed by atoms with Gasteiger partial charge in [0, 0.05) is 30.0 Å². The Kier molecular flexibility index (Phi) is 8.95. The van der Waals surface area contributed by atoms with Gasteiger partial charge < -0.3 is 16.4 Å². The summed E-state index contributed by atoms with van der Waals surface area (Å²) in [7, 11) is -7.20. The van der Waals surface area contributed by atoms with Crippen LogP contribution in [0.3, 0.4) is 0 Å². The molecule has 0 bridgehead atoms. The Morgan fingerprint density at radius 1 is 0.750 bits per heavy atom. The SMILES string of the molecule is CS(=O)(=O)c1ccc(Nc2ccc(N)cn2)cc1F.CS(=O)(=O)c1ccc(Nc2ccc([N+](=O)[O-])cn2)cc1F. The van der Waals surface area contributed by atoms with Crippen molar-refractivity contribution in [3.8, 4) is 0 Å². The molecule has 16 heteroatoms. The molecule has 0 unspecified atom stereocenters. The van der Waals surface area contributed by atoms with E-state index in [0.29, 0.717) is 17.2 Å². The number of pyridine rings is 2. The van der Waals surface area contributed by atoms with Gasteiger partial charge in [-0.25, -0.2) is 35.6 Å². The summed E-state index contributed by atoms with van der Waals surface area (Å²) >= 11 is 0. The lowest BCUT2D eigenvalue weighted by atomic mass is 10.3. The Labute approximate surface area is 227 Å². The maximum Gasteiger partial charge on any atom is 0.287 e. The molecule has 4 rings (SSSR count). The van der Waals surface area contributed by atoms with Crippen molar-refractivity contribution >= 4 is 54.1 Å². The number of nitrogens with one attached hydrogen (secondary N) is 2. The summed E-state index contributed by atoms with van der Waals surface area (Å²) in [6, 6.07) is 13.2. The van der Waals surface area contributed by atoms with E-state index in [1.165, 1.54) is 36.5 Å². The minimum Gasteiger partial charge on any atom is -0.397 e. The van der Waals surface area contributed by atoms with Crippen molar-refractivity contribution in [1.29, 1.82) is 0 Å². The molecule has 0 aliphatic rings. The number of rotatable bonds is 7. The Morgan fingerprint density at radius 3 is 1.52 bits per heavy atom. The van der Waals surface area contributed by atoms with Gasteiger partial charge in [-0.05, 0) is 54.6 Å². The molecule has 0 radical (unpaired) electrons. The third-order valence-electron chi connectivity index (χ3n) is 4.95. The molecule has 0 spiro atoms. The fraction of sp³-hybridized carbons (Fsp3) is 0.0833. The van der Waals surface area contributed by atoms with E-state index in [2.05, 4.69) is 20.6 Å². The van der Waals surface area contributed by atoms with Crippen LogP contribution >= 0.6 is 0 Å². The first-order valence-corrected chi connectivity index (χ1v) is 14.8. The Balaban J connectivity index is 0.000000222. The minimum atomic E-state index is -3.63. The van der Waals surface area contributed by atoms with E-state index < -0.39 is 41.1 Å². The lowest BCUT2D eigenvalue weighted by Gasteiger charge is -2.07. The average molecular weight is 593 g/mol. The highest BCUT2D eigenvalue weighted by atomic mass is 32.2. The zero-order valence-corrected chi connectivity index (χ0v) is 22.5. The van der Waals surface area contributed by atoms with E-state index in [1.807, 2.05) is 0 Å². The fourth-order valence-corrected chi connectivity index (χ4v) is 4.56. The quantitative estimate of drug-likeness (QED) is 0.206. The molecule has 210 valence electrons. The van der Waals surface area contributed by atoms with E-state index in [1.54, 1.807) is 12.1 Å². The normalized spacial score (nSPS) is 11.2. The summed E-state index contributed by atoms with van der Waals surface area (Å²) in [5.74, 6) is -0.930. The van der Waals surface area contributed by atoms with Crippen molar-refractivity contribution in [3.63, 3.8) is 0 Å². The number of halogens is 2. The summed E-state index contributed by atoms with van der Waals surface area (Å²) in [6.07, 6.45) is 4.39. The number of hydrogen-bond acceptors (Lipinski definition) is 11. The molecule has 12 nitrogen and oxygen atoms in total. The fourth-order valence-electron chi connectivity index (χ4n) is 3.10. The lowest BCUT2D eigenvalue weighted by molar-refractivity contribution is -0.385. The molecular weight excluding hydrogens is 570 g/mol. The number of benzene rings is 2. The highest BCUT2D eigenvalue weighted by Gasteiger charge is 2.15. The molecule has 40 heavy (non-hydrogen) atoms. The number of nitrogen functional groups attached to an aromatic ring is 1. The van der Waals surface area contributed by atoms with Gasteiger partial charge in [-0.15, -0.1) is 0 Å². The van der Waals surface area contributed by atoms with Gasteiger partial charge in [0.2, 0.25) is 0 Å². The number of anilines is 5. The van der Waals surface area contributed by atoms with Gasteiger partial charge in [-0.3, -0.25) is 10.1 Å². The lowest BCUT2D eigenvalue weighted by Crippen LogP contribution is -2.02. The second-order valence-corrected chi connectivity index (χ2v) is 12.2.